The van der Waals surface area contributed by atoms with Crippen molar-refractivity contribution in [3.63, 3.8) is 0 Å². The Kier molecular flexibility index (Phi) is 42.8. The van der Waals surface area contributed by atoms with Crippen molar-refractivity contribution in [1.29, 1.82) is 0 Å². The molecule has 1 rings (SSSR count). The second kappa shape index (κ2) is 29.8. The van der Waals surface area contributed by atoms with Crippen LogP contribution < -0.4 is 0 Å². The normalized spacial score (nSPS) is 6.78. The van der Waals surface area contributed by atoms with Gasteiger partial charge in [0.25, 0.3) is 0 Å². The third-order valence-electron chi connectivity index (χ3n) is 1.59. The van der Waals surface area contributed by atoms with E-state index in [2.05, 4.69) is 37.0 Å². The van der Waals surface area contributed by atoms with Gasteiger partial charge >= 0.3 is 0 Å². The fourth-order valence-corrected chi connectivity index (χ4v) is 0.923. The minimum Gasteiger partial charge on any atom is -0.258 e. The van der Waals surface area contributed by atoms with Crippen LogP contribution in [0.5, 0.6) is 0 Å². The predicted molar refractivity (Wildman–Crippen MR) is 88.4 cm³/mol. The lowest BCUT2D eigenvalue weighted by molar-refractivity contribution is 0.955. The lowest BCUT2D eigenvalue weighted by Crippen LogP contribution is -1.91. The molecule has 0 aliphatic rings. The molecule has 18 heavy (non-hydrogen) atoms. The molecule has 0 aromatic carbocycles. The molecule has 110 valence electrons. The third-order valence-corrected chi connectivity index (χ3v) is 1.59. The van der Waals surface area contributed by atoms with E-state index in [1.807, 2.05) is 55.4 Å². The Balaban J connectivity index is -0.000000105. The highest BCUT2D eigenvalue weighted by molar-refractivity contribution is 5.10. The van der Waals surface area contributed by atoms with Crippen LogP contribution in [0.15, 0.2) is 18.2 Å². The molecule has 0 unspecified atom stereocenters. The summed E-state index contributed by atoms with van der Waals surface area (Å²) in [7, 11) is 0. The summed E-state index contributed by atoms with van der Waals surface area (Å²) in [4.78, 5) is 4.41. The zero-order valence-electron chi connectivity index (χ0n) is 14.6. The summed E-state index contributed by atoms with van der Waals surface area (Å²) in [5.41, 5.74) is 2.39. The average molecular weight is 255 g/mol. The smallest absolute Gasteiger partial charge is 0.0404 e. The summed E-state index contributed by atoms with van der Waals surface area (Å²) in [6.07, 6.45) is 2.07. The minimum atomic E-state index is 1.04. The van der Waals surface area contributed by atoms with Crippen molar-refractivity contribution >= 4 is 0 Å². The van der Waals surface area contributed by atoms with E-state index in [0.717, 1.165) is 12.8 Å². The summed E-state index contributed by atoms with van der Waals surface area (Å²) in [5, 5.41) is 0. The zero-order chi connectivity index (χ0) is 15.4. The largest absolute Gasteiger partial charge is 0.258 e. The summed E-state index contributed by atoms with van der Waals surface area (Å²) >= 11 is 0. The van der Waals surface area contributed by atoms with E-state index in [0.29, 0.717) is 0 Å². The van der Waals surface area contributed by atoms with Gasteiger partial charge in [-0.2, -0.15) is 0 Å². The molecule has 1 aromatic rings. The summed E-state index contributed by atoms with van der Waals surface area (Å²) < 4.78 is 0. The molecule has 0 atom stereocenters. The van der Waals surface area contributed by atoms with Crippen molar-refractivity contribution in [1.82, 2.24) is 4.98 Å². The first-order valence-corrected chi connectivity index (χ1v) is 7.81. The van der Waals surface area contributed by atoms with Gasteiger partial charge in [0.05, 0.1) is 0 Å². The number of pyridine rings is 1. The van der Waals surface area contributed by atoms with Gasteiger partial charge in [-0.25, -0.2) is 0 Å². The van der Waals surface area contributed by atoms with E-state index < -0.39 is 0 Å². The van der Waals surface area contributed by atoms with Gasteiger partial charge in [-0.1, -0.05) is 75.3 Å². The van der Waals surface area contributed by atoms with Gasteiger partial charge in [0.2, 0.25) is 0 Å². The fourth-order valence-electron chi connectivity index (χ4n) is 0.923. The molecule has 1 heterocycles. The molecule has 0 bridgehead atoms. The maximum absolute atomic E-state index is 4.41. The van der Waals surface area contributed by atoms with Gasteiger partial charge in [0, 0.05) is 11.4 Å². The monoisotopic (exact) mass is 255 g/mol. The van der Waals surface area contributed by atoms with E-state index in [-0.39, 0.29) is 0 Å². The van der Waals surface area contributed by atoms with Gasteiger partial charge in [-0.3, -0.25) is 4.98 Å². The number of hydrogen-bond acceptors (Lipinski definition) is 1. The van der Waals surface area contributed by atoms with Crippen molar-refractivity contribution in [2.45, 2.75) is 82.1 Å². The Hall–Kier alpha value is -0.850. The van der Waals surface area contributed by atoms with Crippen LogP contribution in [0.2, 0.25) is 0 Å². The van der Waals surface area contributed by atoms with Crippen molar-refractivity contribution < 1.29 is 0 Å². The summed E-state index contributed by atoms with van der Waals surface area (Å²) in [6, 6.07) is 6.21. The molecule has 1 aromatic heterocycles. The molecule has 0 fully saturated rings. The highest BCUT2D eigenvalue weighted by Gasteiger charge is 1.91. The second-order valence-electron chi connectivity index (χ2n) is 2.33. The van der Waals surface area contributed by atoms with Crippen LogP contribution in [0.1, 0.15) is 80.6 Å². The lowest BCUT2D eigenvalue weighted by atomic mass is 10.2. The molecule has 0 N–H and O–H groups in total. The van der Waals surface area contributed by atoms with Crippen molar-refractivity contribution in [3.8, 4) is 0 Å². The average Bonchev–Trinajstić information content (AvgIpc) is 2.55. The predicted octanol–water partition coefficient (Wildman–Crippen LogP) is 6.31. The van der Waals surface area contributed by atoms with E-state index in [1.165, 1.54) is 11.4 Å². The molecule has 1 nitrogen and oxygen atoms in total. The van der Waals surface area contributed by atoms with Crippen LogP contribution in [0.25, 0.3) is 0 Å². The molecular formula is C17H37N. The first-order valence-electron chi connectivity index (χ1n) is 7.81. The Morgan fingerprint density at radius 2 is 0.944 bits per heavy atom. The highest BCUT2D eigenvalue weighted by Crippen LogP contribution is 1.99. The van der Waals surface area contributed by atoms with Gasteiger partial charge in [-0.15, -0.1) is 0 Å². The number of aryl methyl sites for hydroxylation is 2. The van der Waals surface area contributed by atoms with Crippen LogP contribution in [0.4, 0.5) is 0 Å². The standard InChI is InChI=1S/C9H13N.4C2H6/c1-3-8-6-5-7-9(4-2)10-8;4*1-2/h5-7H,3-4H2,1-2H3;4*1-2H3. The van der Waals surface area contributed by atoms with Crippen LogP contribution in [0, 0.1) is 0 Å². The first kappa shape index (κ1) is 25.9. The number of hydrogen-bond donors (Lipinski definition) is 0. The third kappa shape index (κ3) is 17.5. The highest BCUT2D eigenvalue weighted by atomic mass is 14.7. The fraction of sp³-hybridized carbons (Fsp3) is 0.706. The molecule has 0 saturated heterocycles. The maximum atomic E-state index is 4.41. The number of rotatable bonds is 2. The Morgan fingerprint density at radius 3 is 1.17 bits per heavy atom. The summed E-state index contributed by atoms with van der Waals surface area (Å²) in [6.45, 7) is 20.3. The zero-order valence-corrected chi connectivity index (χ0v) is 14.6. The molecular weight excluding hydrogens is 218 g/mol. The van der Waals surface area contributed by atoms with Gasteiger partial charge in [0.15, 0.2) is 0 Å². The lowest BCUT2D eigenvalue weighted by Gasteiger charge is -1.97. The van der Waals surface area contributed by atoms with E-state index in [9.17, 15) is 0 Å². The van der Waals surface area contributed by atoms with Gasteiger partial charge < -0.3 is 0 Å². The van der Waals surface area contributed by atoms with Crippen molar-refractivity contribution in [3.05, 3.63) is 29.6 Å². The SMILES string of the molecule is CC.CC.CC.CC.CCc1cccc(CC)n1. The number of nitrogens with zero attached hydrogens (tertiary/aromatic N) is 1. The molecule has 0 radical (unpaired) electrons. The molecule has 0 amide bonds. The number of aromatic nitrogens is 1. The Bertz CT molecular complexity index is 187. The van der Waals surface area contributed by atoms with E-state index >= 15 is 0 Å². The van der Waals surface area contributed by atoms with Crippen LogP contribution in [0.3, 0.4) is 0 Å². The molecule has 0 aliphatic heterocycles. The van der Waals surface area contributed by atoms with Crippen LogP contribution >= 0.6 is 0 Å². The summed E-state index contributed by atoms with van der Waals surface area (Å²) in [5.74, 6) is 0. The molecule has 0 saturated carbocycles. The second-order valence-corrected chi connectivity index (χ2v) is 2.33. The van der Waals surface area contributed by atoms with Gasteiger partial charge in [0.1, 0.15) is 0 Å². The van der Waals surface area contributed by atoms with Crippen LogP contribution in [-0.2, 0) is 12.8 Å². The quantitative estimate of drug-likeness (QED) is 0.603. The van der Waals surface area contributed by atoms with Crippen LogP contribution in [-0.4, -0.2) is 4.98 Å². The molecule has 1 heteroatoms. The Labute approximate surface area is 117 Å². The van der Waals surface area contributed by atoms with Crippen molar-refractivity contribution in [2.24, 2.45) is 0 Å². The van der Waals surface area contributed by atoms with E-state index in [1.54, 1.807) is 0 Å². The maximum Gasteiger partial charge on any atom is 0.0404 e. The minimum absolute atomic E-state index is 1.04. The van der Waals surface area contributed by atoms with E-state index in [4.69, 9.17) is 0 Å². The topological polar surface area (TPSA) is 12.9 Å². The molecule has 0 aliphatic carbocycles. The van der Waals surface area contributed by atoms with Crippen molar-refractivity contribution in [2.75, 3.05) is 0 Å². The van der Waals surface area contributed by atoms with Gasteiger partial charge in [-0.05, 0) is 25.0 Å². The Morgan fingerprint density at radius 1 is 0.667 bits per heavy atom. The molecule has 0 spiro atoms. The first-order chi connectivity index (χ1) is 8.86.